The lowest BCUT2D eigenvalue weighted by Gasteiger charge is -2.18. The summed E-state index contributed by atoms with van der Waals surface area (Å²) < 4.78 is 34.4. The van der Waals surface area contributed by atoms with Gasteiger partial charge in [-0.15, -0.1) is 56.7 Å². The zero-order valence-electron chi connectivity index (χ0n) is 96.2. The molecule has 15 nitrogen and oxygen atoms in total. The van der Waals surface area contributed by atoms with Crippen molar-refractivity contribution in [3.63, 3.8) is 0 Å². The van der Waals surface area contributed by atoms with Crippen LogP contribution in [0.25, 0.3) is 0 Å². The van der Waals surface area contributed by atoms with Crippen molar-refractivity contribution < 1.29 is 22.7 Å². The minimum absolute atomic E-state index is 0.363. The highest BCUT2D eigenvalue weighted by Crippen LogP contribution is 2.50. The van der Waals surface area contributed by atoms with Gasteiger partial charge in [-0.2, -0.15) is 20.1 Å². The van der Waals surface area contributed by atoms with Crippen LogP contribution in [0.15, 0.2) is 122 Å². The fourth-order valence-electron chi connectivity index (χ4n) is 13.2. The Bertz CT molecular complexity index is 4070. The van der Waals surface area contributed by atoms with Crippen LogP contribution in [0.4, 0.5) is 0 Å². The molecule has 1 aliphatic heterocycles. The molecule has 0 spiro atoms. The fourth-order valence-corrected chi connectivity index (χ4v) is 18.4. The second kappa shape index (κ2) is 62.9. The molecule has 0 saturated heterocycles. The summed E-state index contributed by atoms with van der Waals surface area (Å²) in [5.74, 6) is 17.5. The number of rotatable bonds is 24. The zero-order chi connectivity index (χ0) is 105. The normalized spacial score (nSPS) is 11.9. The first-order valence-corrected chi connectivity index (χ1v) is 56.3. The van der Waals surface area contributed by atoms with Gasteiger partial charge in [0.25, 0.3) is 0 Å². The lowest BCUT2D eigenvalue weighted by molar-refractivity contribution is 0.170. The summed E-state index contributed by atoms with van der Waals surface area (Å²) >= 11 is 9.29. The van der Waals surface area contributed by atoms with Gasteiger partial charge in [0, 0.05) is 115 Å². The van der Waals surface area contributed by atoms with Crippen molar-refractivity contribution in [2.45, 2.75) is 489 Å². The van der Waals surface area contributed by atoms with Crippen LogP contribution in [0.3, 0.4) is 0 Å². The van der Waals surface area contributed by atoms with E-state index >= 15 is 0 Å². The molecule has 0 saturated carbocycles. The van der Waals surface area contributed by atoms with E-state index < -0.39 is 0 Å². The van der Waals surface area contributed by atoms with E-state index in [0.29, 0.717) is 156 Å². The van der Waals surface area contributed by atoms with E-state index in [1.165, 1.54) is 84.2 Å². The van der Waals surface area contributed by atoms with Crippen molar-refractivity contribution in [2.24, 2.45) is 0 Å². The van der Waals surface area contributed by atoms with Crippen LogP contribution < -0.4 is 9.47 Å². The van der Waals surface area contributed by atoms with Gasteiger partial charge in [0.05, 0.1) is 61.6 Å². The highest BCUT2D eigenvalue weighted by Gasteiger charge is 2.28. The van der Waals surface area contributed by atoms with Crippen LogP contribution >= 0.6 is 56.7 Å². The number of fused-ring (bicyclic) bond motifs is 1. The van der Waals surface area contributed by atoms with Gasteiger partial charge in [0.2, 0.25) is 0 Å². The number of furan rings is 2. The molecule has 13 heterocycles. The molecule has 12 aromatic heterocycles. The molecule has 138 heavy (non-hydrogen) atoms. The van der Waals surface area contributed by atoms with Gasteiger partial charge in [-0.25, -0.2) is 15.0 Å². The van der Waals surface area contributed by atoms with E-state index in [1.54, 1.807) is 22.4 Å². The quantitative estimate of drug-likeness (QED) is 0.0568. The third-order valence-corrected chi connectivity index (χ3v) is 30.2. The molecule has 0 aliphatic carbocycles. The van der Waals surface area contributed by atoms with Crippen molar-refractivity contribution in [3.05, 3.63) is 228 Å². The Kier molecular flexibility index (Phi) is 57.8. The van der Waals surface area contributed by atoms with Gasteiger partial charge < -0.3 is 31.9 Å². The number of hydrogen-bond donors (Lipinski definition) is 0. The topological polar surface area (TPSA) is 155 Å². The Morgan fingerprint density at radius 3 is 1.08 bits per heavy atom. The zero-order valence-corrected chi connectivity index (χ0v) is 100. The van der Waals surface area contributed by atoms with E-state index in [1.807, 2.05) is 74.9 Å². The molecule has 0 fully saturated rings. The van der Waals surface area contributed by atoms with Crippen molar-refractivity contribution in [1.82, 2.24) is 48.9 Å². The number of ether oxygens (including phenoxy) is 2. The maximum absolute atomic E-state index is 5.73. The number of oxazole rings is 1. The fraction of sp³-hybridized carbons (Fsp3) is 0.644. The van der Waals surface area contributed by atoms with Gasteiger partial charge in [-0.3, -0.25) is 4.68 Å². The van der Waals surface area contributed by atoms with Crippen LogP contribution in [0.2, 0.25) is 0 Å². The number of thiazole rings is 2. The maximum Gasteiger partial charge on any atom is 0.196 e. The smallest absolute Gasteiger partial charge is 0.196 e. The summed E-state index contributed by atoms with van der Waals surface area (Å²) in [5, 5.41) is 19.7. The molecule has 0 radical (unpaired) electrons. The molecule has 20 heteroatoms. The molecule has 778 valence electrons. The van der Waals surface area contributed by atoms with E-state index in [-0.39, 0.29) is 0 Å². The average molecular weight is 2000 g/mol. The Hall–Kier alpha value is -7.36. The van der Waals surface area contributed by atoms with E-state index in [4.69, 9.17) is 22.7 Å². The Morgan fingerprint density at radius 1 is 0.326 bits per heavy atom. The van der Waals surface area contributed by atoms with Crippen LogP contribution in [-0.2, 0) is 0 Å². The monoisotopic (exact) mass is 1990 g/mol. The molecule has 12 aromatic rings. The Balaban J connectivity index is 0.000000510. The molecular formula is C118H196N10O5S5. The average Bonchev–Trinajstić information content (AvgIpc) is 1.64. The SMILES string of the molecule is CC(C)c1ccc(C(C)C)o1.CC(C)c1ccc(C(C)C)s1.CC(C)c1ccn(C(C)C)c1.CC(C)c1cnc(C(C)C)s1.CC(C)c1cnn(C(C)C)c1.CC(C)c1cnn(C(C)C)n1.CC(C)c1coc(C(C)C)c1.CC(C)c1coc(C(C)C)n1.CC(C)c1csc(C(C)C)c1.CC(C)c1csc(C(C)C)n1.CC(C)c1sc(C(C)C)c2c1OCCO2.Cc1cc(C(C)C)c(C)n1C(C)C. The van der Waals surface area contributed by atoms with E-state index in [0.717, 1.165) is 46.1 Å². The van der Waals surface area contributed by atoms with Crippen molar-refractivity contribution in [1.29, 1.82) is 0 Å². The van der Waals surface area contributed by atoms with Gasteiger partial charge >= 0.3 is 0 Å². The van der Waals surface area contributed by atoms with Gasteiger partial charge in [0.15, 0.2) is 17.4 Å². The van der Waals surface area contributed by atoms with E-state index in [9.17, 15) is 0 Å². The van der Waals surface area contributed by atoms with Gasteiger partial charge in [-0.1, -0.05) is 277 Å². The lowest BCUT2D eigenvalue weighted by atomic mass is 10.0. The predicted octanol–water partition coefficient (Wildman–Crippen LogP) is 40.1. The summed E-state index contributed by atoms with van der Waals surface area (Å²) in [6.45, 7) is 111. The first-order valence-electron chi connectivity index (χ1n) is 52.1. The minimum Gasteiger partial charge on any atom is -0.485 e. The second-order valence-corrected chi connectivity index (χ2v) is 49.1. The van der Waals surface area contributed by atoms with Gasteiger partial charge in [0.1, 0.15) is 36.8 Å². The largest absolute Gasteiger partial charge is 0.485 e. The van der Waals surface area contributed by atoms with Crippen LogP contribution in [0, 0.1) is 13.8 Å². The predicted molar refractivity (Wildman–Crippen MR) is 606 cm³/mol. The highest BCUT2D eigenvalue weighted by atomic mass is 32.1. The number of thiophene rings is 3. The summed E-state index contributed by atoms with van der Waals surface area (Å²) in [5.41, 5.74) is 13.2. The van der Waals surface area contributed by atoms with Crippen LogP contribution in [0.5, 0.6) is 11.5 Å². The summed E-state index contributed by atoms with van der Waals surface area (Å²) in [7, 11) is 0. The number of nitrogens with zero attached hydrogens (tertiary/aromatic N) is 10. The number of aryl methyl sites for hydroxylation is 1. The lowest BCUT2D eigenvalue weighted by Crippen LogP contribution is -2.15. The minimum atomic E-state index is 0.363. The molecule has 0 bridgehead atoms. The van der Waals surface area contributed by atoms with Gasteiger partial charge in [-0.05, 0) is 234 Å². The first kappa shape index (κ1) is 127. The molecule has 0 amide bonds. The standard InChI is InChI=1S/C12H21N.C12H18O2S.C10H17N.2C10H16O.2C10H16S.C9H16N2.C9H15NO.2C9H15NS.C8H15N3/c1-8(2)12-7-10(5)13(9(3)4)11(12)6;1-7(2)11-9-10(14-6-5-13-9)12(15-11)8(3)4;1-8(2)10-5-6-11(7-10)9(3)4;1-7(2)9-5-10(8(3)4)11-6-9;1-7(2)9-5-6-10(11-9)8(3)4;1-7(2)9-5-10(8(3)4)11-6-9;1-7(2)9-5-6-10(11-9)8(3)4;1-7(2)9-5-10-11(6-9)8(3)4;2*1-6(2)8-5-11-9(10-8)7(3)4;1-6(2)8-5-10-9(11-8)7(3)4;1-6(2)8-5-9-11(10-8)7(3)4/h7-9H,1-6H3;7-8H,5-6H2,1-4H3;5-9H,1-4H3;5*5-8H,1-4H3;4*5-7H,1-4H3. The molecule has 13 rings (SSSR count). The maximum atomic E-state index is 5.73. The first-order chi connectivity index (χ1) is 64.1. The van der Waals surface area contributed by atoms with Crippen LogP contribution in [0.1, 0.15) is 594 Å². The summed E-state index contributed by atoms with van der Waals surface area (Å²) in [6, 6.07) is 19.6. The highest BCUT2D eigenvalue weighted by molar-refractivity contribution is 7.13. The number of hydrogen-bond acceptors (Lipinski definition) is 16. The molecule has 1 aliphatic rings. The number of aromatic nitrogens is 10. The summed E-state index contributed by atoms with van der Waals surface area (Å²) in [4.78, 5) is 23.5. The van der Waals surface area contributed by atoms with Crippen molar-refractivity contribution in [2.75, 3.05) is 13.2 Å². The van der Waals surface area contributed by atoms with Crippen molar-refractivity contribution in [3.8, 4) is 11.5 Å². The molecular weight excluding hydrogens is 1800 g/mol. The molecule has 0 unspecified atom stereocenters. The second-order valence-electron chi connectivity index (χ2n) is 44.0. The third-order valence-electron chi connectivity index (χ3n) is 22.7. The molecule has 0 atom stereocenters. The summed E-state index contributed by atoms with van der Waals surface area (Å²) in [6.07, 6.45) is 15.9. The molecule has 0 aromatic carbocycles. The van der Waals surface area contributed by atoms with Crippen molar-refractivity contribution >= 4 is 56.7 Å². The van der Waals surface area contributed by atoms with Crippen LogP contribution in [-0.4, -0.2) is 62.1 Å². The Morgan fingerprint density at radius 2 is 0.819 bits per heavy atom. The molecule has 0 N–H and O–H groups in total. The van der Waals surface area contributed by atoms with E-state index in [2.05, 4.69) is 463 Å². The Labute approximate surface area is 863 Å². The third kappa shape index (κ3) is 44.2.